The number of nitrogens with zero attached hydrogens (tertiary/aromatic N) is 4. The van der Waals surface area contributed by atoms with Crippen LogP contribution in [-0.4, -0.2) is 49.0 Å². The number of amides is 2. The Morgan fingerprint density at radius 1 is 1.19 bits per heavy atom. The van der Waals surface area contributed by atoms with Gasteiger partial charge in [-0.15, -0.1) is 0 Å². The average Bonchev–Trinajstić information content (AvgIpc) is 3.57. The van der Waals surface area contributed by atoms with Crippen LogP contribution in [0.4, 0.5) is 5.69 Å². The number of hydrogen-bond donors (Lipinski definition) is 4. The average molecular weight is 608 g/mol. The quantitative estimate of drug-likeness (QED) is 0.169. The van der Waals surface area contributed by atoms with E-state index in [4.69, 9.17) is 4.98 Å². The van der Waals surface area contributed by atoms with Crippen LogP contribution in [0.5, 0.6) is 0 Å². The Kier molecular flexibility index (Phi) is 7.12. The van der Waals surface area contributed by atoms with Crippen molar-refractivity contribution < 1.29 is 9.59 Å². The summed E-state index contributed by atoms with van der Waals surface area (Å²) in [5.74, 6) is 0.452. The first kappa shape index (κ1) is 24.8. The minimum absolute atomic E-state index is 0.0304. The predicted octanol–water partition coefficient (Wildman–Crippen LogP) is 4.70. The van der Waals surface area contributed by atoms with E-state index in [0.29, 0.717) is 34.1 Å². The molecule has 0 bridgehead atoms. The van der Waals surface area contributed by atoms with Crippen LogP contribution in [0.3, 0.4) is 0 Å². The first-order valence-corrected chi connectivity index (χ1v) is 13.2. The molecule has 0 aliphatic heterocycles. The van der Waals surface area contributed by atoms with Crippen LogP contribution in [0, 0.1) is 5.92 Å². The Morgan fingerprint density at radius 3 is 2.73 bits per heavy atom. The summed E-state index contributed by atoms with van der Waals surface area (Å²) in [6.07, 6.45) is 11.7. The number of carbonyl (C=O) groups is 2. The number of rotatable bonds is 8. The molecule has 4 aromatic rings. The molecule has 11 heteroatoms. The second kappa shape index (κ2) is 10.6. The normalized spacial score (nSPS) is 13.9. The van der Waals surface area contributed by atoms with Gasteiger partial charge in [0.2, 0.25) is 5.91 Å². The molecule has 1 aliphatic rings. The van der Waals surface area contributed by atoms with Crippen LogP contribution in [0.25, 0.3) is 45.3 Å². The molecule has 2 amide bonds. The summed E-state index contributed by atoms with van der Waals surface area (Å²) >= 11 is 2.05. The standard InChI is InChI=1S/C26H25IN8O2/c1-3-4-5-20-21(19(10-27)26(37)28-2)33-24(32-20)22-18-9-16(12-30-23(18)35-34-22)15-8-17(13-29-11-15)31-25(36)14-6-7-14/h4-5,8-14H,3,6-7H2,1-2H3,(H,28,37)(H,31,36)(H,32,33)(H,30,34,35)/b5-4-,19-10+. The summed E-state index contributed by atoms with van der Waals surface area (Å²) in [6.45, 7) is 2.04. The van der Waals surface area contributed by atoms with Gasteiger partial charge in [0.15, 0.2) is 11.5 Å². The Labute approximate surface area is 226 Å². The maximum atomic E-state index is 12.5. The number of aromatic amines is 2. The van der Waals surface area contributed by atoms with Crippen molar-refractivity contribution >= 4 is 62.8 Å². The molecule has 4 heterocycles. The fraction of sp³-hybridized carbons (Fsp3) is 0.231. The first-order chi connectivity index (χ1) is 18.0. The molecule has 4 aromatic heterocycles. The summed E-state index contributed by atoms with van der Waals surface area (Å²) in [7, 11) is 1.59. The van der Waals surface area contributed by atoms with Crippen molar-refractivity contribution in [2.75, 3.05) is 12.4 Å². The zero-order chi connectivity index (χ0) is 25.9. The molecule has 1 saturated carbocycles. The van der Waals surface area contributed by atoms with Crippen molar-refractivity contribution in [2.45, 2.75) is 26.2 Å². The number of halogens is 1. The summed E-state index contributed by atoms with van der Waals surface area (Å²) < 4.78 is 1.71. The highest BCUT2D eigenvalue weighted by atomic mass is 127. The summed E-state index contributed by atoms with van der Waals surface area (Å²) in [4.78, 5) is 41.6. The van der Waals surface area contributed by atoms with Crippen LogP contribution in [-0.2, 0) is 9.59 Å². The van der Waals surface area contributed by atoms with E-state index in [1.807, 2.05) is 53.8 Å². The molecule has 1 fully saturated rings. The van der Waals surface area contributed by atoms with E-state index >= 15 is 0 Å². The molecule has 0 aromatic carbocycles. The largest absolute Gasteiger partial charge is 0.355 e. The highest BCUT2D eigenvalue weighted by Gasteiger charge is 2.29. The number of pyridine rings is 2. The van der Waals surface area contributed by atoms with Crippen molar-refractivity contribution in [1.82, 2.24) is 35.5 Å². The smallest absolute Gasteiger partial charge is 0.253 e. The van der Waals surface area contributed by atoms with E-state index in [-0.39, 0.29) is 17.7 Å². The lowest BCUT2D eigenvalue weighted by molar-refractivity contribution is -0.117. The highest BCUT2D eigenvalue weighted by molar-refractivity contribution is 14.1. The summed E-state index contributed by atoms with van der Waals surface area (Å²) in [5.41, 5.74) is 5.19. The van der Waals surface area contributed by atoms with Crippen LogP contribution in [0.1, 0.15) is 37.6 Å². The number of H-pyrrole nitrogens is 2. The molecule has 0 atom stereocenters. The second-order valence-electron chi connectivity index (χ2n) is 8.68. The molecule has 0 spiro atoms. The third kappa shape index (κ3) is 5.17. The van der Waals surface area contributed by atoms with Crippen molar-refractivity contribution in [3.8, 4) is 22.6 Å². The Hall–Kier alpha value is -3.87. The SMILES string of the molecule is CC/C=C\c1[nH]c(-c2[nH]nc3ncc(-c4cncc(NC(=O)C5CC5)c4)cc23)nc1/C(=C\I)C(=O)NC. The van der Waals surface area contributed by atoms with E-state index in [1.165, 1.54) is 0 Å². The van der Waals surface area contributed by atoms with E-state index in [9.17, 15) is 9.59 Å². The molecule has 0 saturated heterocycles. The molecule has 0 radical (unpaired) electrons. The minimum Gasteiger partial charge on any atom is -0.355 e. The molecule has 4 N–H and O–H groups in total. The predicted molar refractivity (Wildman–Crippen MR) is 151 cm³/mol. The maximum Gasteiger partial charge on any atom is 0.253 e. The van der Waals surface area contributed by atoms with Crippen LogP contribution in [0.2, 0.25) is 0 Å². The number of allylic oxidation sites excluding steroid dienone is 1. The zero-order valence-electron chi connectivity index (χ0n) is 20.3. The lowest BCUT2D eigenvalue weighted by Crippen LogP contribution is -2.19. The van der Waals surface area contributed by atoms with Gasteiger partial charge in [-0.1, -0.05) is 35.6 Å². The first-order valence-electron chi connectivity index (χ1n) is 11.9. The van der Waals surface area contributed by atoms with Crippen molar-refractivity contribution in [1.29, 1.82) is 0 Å². The number of hydrogen-bond acceptors (Lipinski definition) is 6. The third-order valence-electron chi connectivity index (χ3n) is 6.02. The zero-order valence-corrected chi connectivity index (χ0v) is 22.5. The molecular weight excluding hydrogens is 583 g/mol. The van der Waals surface area contributed by atoms with Crippen LogP contribution in [0.15, 0.2) is 40.9 Å². The van der Waals surface area contributed by atoms with E-state index in [1.54, 1.807) is 29.7 Å². The molecule has 1 aliphatic carbocycles. The molecule has 5 rings (SSSR count). The fourth-order valence-corrected chi connectivity index (χ4v) is 4.48. The molecular formula is C26H25IN8O2. The van der Waals surface area contributed by atoms with Crippen molar-refractivity contribution in [3.05, 3.63) is 52.3 Å². The Bertz CT molecular complexity index is 1550. The van der Waals surface area contributed by atoms with E-state index < -0.39 is 0 Å². The second-order valence-corrected chi connectivity index (χ2v) is 9.30. The lowest BCUT2D eigenvalue weighted by atomic mass is 10.1. The van der Waals surface area contributed by atoms with Gasteiger partial charge in [-0.25, -0.2) is 9.97 Å². The highest BCUT2D eigenvalue weighted by Crippen LogP contribution is 2.32. The topological polar surface area (TPSA) is 141 Å². The van der Waals surface area contributed by atoms with E-state index in [0.717, 1.165) is 41.5 Å². The van der Waals surface area contributed by atoms with Crippen LogP contribution < -0.4 is 10.6 Å². The number of aromatic nitrogens is 6. The fourth-order valence-electron chi connectivity index (χ4n) is 3.90. The Balaban J connectivity index is 1.54. The number of anilines is 1. The van der Waals surface area contributed by atoms with Gasteiger partial charge in [-0.3, -0.25) is 19.7 Å². The number of likely N-dealkylation sites (N-methyl/N-ethyl adjacent to an activating group) is 1. The van der Waals surface area contributed by atoms with Gasteiger partial charge in [-0.2, -0.15) is 5.10 Å². The van der Waals surface area contributed by atoms with Gasteiger partial charge in [-0.05, 0) is 41.6 Å². The number of nitrogens with one attached hydrogen (secondary N) is 4. The van der Waals surface area contributed by atoms with Gasteiger partial charge in [0.25, 0.3) is 5.91 Å². The Morgan fingerprint density at radius 2 is 2.00 bits per heavy atom. The minimum atomic E-state index is -0.224. The number of carbonyl (C=O) groups excluding carboxylic acids is 2. The van der Waals surface area contributed by atoms with Gasteiger partial charge < -0.3 is 15.6 Å². The number of imidazole rings is 1. The third-order valence-corrected chi connectivity index (χ3v) is 6.64. The number of fused-ring (bicyclic) bond motifs is 1. The molecule has 0 unspecified atom stereocenters. The molecule has 37 heavy (non-hydrogen) atoms. The van der Waals surface area contributed by atoms with Gasteiger partial charge >= 0.3 is 0 Å². The summed E-state index contributed by atoms with van der Waals surface area (Å²) in [6, 6.07) is 3.84. The summed E-state index contributed by atoms with van der Waals surface area (Å²) in [5, 5.41) is 13.8. The van der Waals surface area contributed by atoms with Crippen LogP contribution >= 0.6 is 22.6 Å². The van der Waals surface area contributed by atoms with E-state index in [2.05, 4.69) is 35.8 Å². The molecule has 188 valence electrons. The molecule has 10 nitrogen and oxygen atoms in total. The maximum absolute atomic E-state index is 12.5. The van der Waals surface area contributed by atoms with Gasteiger partial charge in [0.05, 0.1) is 28.5 Å². The van der Waals surface area contributed by atoms with Crippen molar-refractivity contribution in [2.24, 2.45) is 5.92 Å². The lowest BCUT2D eigenvalue weighted by Gasteiger charge is -2.06. The monoisotopic (exact) mass is 608 g/mol. The van der Waals surface area contributed by atoms with Gasteiger partial charge in [0, 0.05) is 36.5 Å². The van der Waals surface area contributed by atoms with Crippen molar-refractivity contribution in [3.63, 3.8) is 0 Å². The van der Waals surface area contributed by atoms with Gasteiger partial charge in [0.1, 0.15) is 11.4 Å².